The van der Waals surface area contributed by atoms with Crippen LogP contribution < -0.4 is 14.4 Å². The lowest BCUT2D eigenvalue weighted by Gasteiger charge is -2.19. The minimum atomic E-state index is -0.499. The molecule has 1 aliphatic heterocycles. The maximum absolute atomic E-state index is 13.5. The van der Waals surface area contributed by atoms with E-state index >= 15 is 0 Å². The third-order valence-corrected chi connectivity index (χ3v) is 5.80. The zero-order valence-electron chi connectivity index (χ0n) is 19.5. The van der Waals surface area contributed by atoms with E-state index in [0.29, 0.717) is 23.8 Å². The van der Waals surface area contributed by atoms with Crippen molar-refractivity contribution in [1.82, 2.24) is 4.90 Å². The molecule has 2 aromatic rings. The SMILES string of the molecule is CCOc1cc(/C=C2/C(=O)N(c3ccc(CC)cc3)C(=S)N2CC(=O)OC)c(C)cc1OC. The van der Waals surface area contributed by atoms with Gasteiger partial charge in [-0.25, -0.2) is 0 Å². The number of aryl methyl sites for hydroxylation is 2. The third-order valence-electron chi connectivity index (χ3n) is 5.40. The molecule has 1 saturated heterocycles. The van der Waals surface area contributed by atoms with Gasteiger partial charge in [-0.3, -0.25) is 14.5 Å². The number of thiocarbonyl (C=S) groups is 1. The van der Waals surface area contributed by atoms with Crippen LogP contribution in [-0.2, 0) is 20.7 Å². The van der Waals surface area contributed by atoms with Crippen LogP contribution in [-0.4, -0.2) is 49.3 Å². The number of hydrogen-bond donors (Lipinski definition) is 0. The second kappa shape index (κ2) is 10.5. The summed E-state index contributed by atoms with van der Waals surface area (Å²) in [6.45, 7) is 6.15. The highest BCUT2D eigenvalue weighted by Crippen LogP contribution is 2.34. The highest BCUT2D eigenvalue weighted by molar-refractivity contribution is 7.80. The number of ether oxygens (including phenoxy) is 3. The van der Waals surface area contributed by atoms with Crippen LogP contribution in [0, 0.1) is 6.92 Å². The molecular weight excluding hydrogens is 440 g/mol. The summed E-state index contributed by atoms with van der Waals surface area (Å²) in [6.07, 6.45) is 2.60. The molecule has 0 aromatic heterocycles. The van der Waals surface area contributed by atoms with Crippen molar-refractivity contribution in [3.8, 4) is 11.5 Å². The van der Waals surface area contributed by atoms with Crippen LogP contribution >= 0.6 is 12.2 Å². The van der Waals surface area contributed by atoms with Gasteiger partial charge in [-0.15, -0.1) is 0 Å². The summed E-state index contributed by atoms with van der Waals surface area (Å²) in [5, 5.41) is 0.220. The predicted octanol–water partition coefficient (Wildman–Crippen LogP) is 4.11. The Kier molecular flexibility index (Phi) is 7.71. The second-order valence-corrected chi connectivity index (χ2v) is 7.79. The Hall–Kier alpha value is -3.39. The molecule has 33 heavy (non-hydrogen) atoms. The van der Waals surface area contributed by atoms with Gasteiger partial charge in [0.15, 0.2) is 16.6 Å². The zero-order chi connectivity index (χ0) is 24.1. The highest BCUT2D eigenvalue weighted by atomic mass is 32.1. The summed E-state index contributed by atoms with van der Waals surface area (Å²) in [6, 6.07) is 11.3. The molecule has 0 spiro atoms. The van der Waals surface area contributed by atoms with Crippen molar-refractivity contribution < 1.29 is 23.8 Å². The Morgan fingerprint density at radius 3 is 2.36 bits per heavy atom. The molecule has 0 radical (unpaired) electrons. The molecule has 2 aromatic carbocycles. The lowest BCUT2D eigenvalue weighted by molar-refractivity contribution is -0.140. The number of carbonyl (C=O) groups is 2. The monoisotopic (exact) mass is 468 g/mol. The van der Waals surface area contributed by atoms with Gasteiger partial charge in [-0.1, -0.05) is 19.1 Å². The largest absolute Gasteiger partial charge is 0.493 e. The molecule has 1 amide bonds. The van der Waals surface area contributed by atoms with E-state index < -0.39 is 5.97 Å². The molecule has 1 fully saturated rings. The van der Waals surface area contributed by atoms with Crippen molar-refractivity contribution >= 4 is 41.0 Å². The minimum Gasteiger partial charge on any atom is -0.493 e. The molecule has 1 aliphatic rings. The summed E-state index contributed by atoms with van der Waals surface area (Å²) < 4.78 is 15.9. The fourth-order valence-corrected chi connectivity index (χ4v) is 3.89. The number of nitrogens with zero attached hydrogens (tertiary/aromatic N) is 2. The van der Waals surface area contributed by atoms with E-state index in [2.05, 4.69) is 6.92 Å². The summed E-state index contributed by atoms with van der Waals surface area (Å²) >= 11 is 5.62. The average Bonchev–Trinajstić information content (AvgIpc) is 3.04. The number of anilines is 1. The van der Waals surface area contributed by atoms with Crippen LogP contribution in [0.5, 0.6) is 11.5 Å². The van der Waals surface area contributed by atoms with Crippen molar-refractivity contribution in [2.24, 2.45) is 0 Å². The molecule has 7 nitrogen and oxygen atoms in total. The van der Waals surface area contributed by atoms with E-state index in [-0.39, 0.29) is 23.3 Å². The molecular formula is C25H28N2O5S. The summed E-state index contributed by atoms with van der Waals surface area (Å²) in [4.78, 5) is 28.6. The van der Waals surface area contributed by atoms with Gasteiger partial charge in [-0.05, 0) is 79.5 Å². The van der Waals surface area contributed by atoms with Gasteiger partial charge in [0.25, 0.3) is 5.91 Å². The fraction of sp³-hybridized carbons (Fsp3) is 0.320. The van der Waals surface area contributed by atoms with Crippen LogP contribution in [0.4, 0.5) is 5.69 Å². The van der Waals surface area contributed by atoms with Crippen molar-refractivity contribution in [3.05, 3.63) is 58.8 Å². The van der Waals surface area contributed by atoms with Gasteiger partial charge in [-0.2, -0.15) is 0 Å². The van der Waals surface area contributed by atoms with Gasteiger partial charge in [0, 0.05) is 0 Å². The minimum absolute atomic E-state index is 0.177. The number of carbonyl (C=O) groups excluding carboxylic acids is 2. The molecule has 1 heterocycles. The molecule has 0 aliphatic carbocycles. The Bertz CT molecular complexity index is 1090. The first-order valence-electron chi connectivity index (χ1n) is 10.7. The molecule has 0 saturated carbocycles. The number of amides is 1. The van der Waals surface area contributed by atoms with Gasteiger partial charge in [0.05, 0.1) is 26.5 Å². The number of rotatable bonds is 8. The van der Waals surface area contributed by atoms with Crippen LogP contribution in [0.1, 0.15) is 30.5 Å². The zero-order valence-corrected chi connectivity index (χ0v) is 20.3. The number of hydrogen-bond acceptors (Lipinski definition) is 6. The van der Waals surface area contributed by atoms with Crippen LogP contribution in [0.3, 0.4) is 0 Å². The van der Waals surface area contributed by atoms with Gasteiger partial charge in [0.1, 0.15) is 12.2 Å². The average molecular weight is 469 g/mol. The molecule has 3 rings (SSSR count). The topological polar surface area (TPSA) is 68.3 Å². The van der Waals surface area contributed by atoms with Crippen molar-refractivity contribution in [1.29, 1.82) is 0 Å². The smallest absolute Gasteiger partial charge is 0.325 e. The lowest BCUT2D eigenvalue weighted by atomic mass is 10.1. The van der Waals surface area contributed by atoms with Gasteiger partial charge >= 0.3 is 5.97 Å². The third kappa shape index (κ3) is 5.01. The Morgan fingerprint density at radius 1 is 1.09 bits per heavy atom. The van der Waals surface area contributed by atoms with Gasteiger partial charge < -0.3 is 19.1 Å². The quantitative estimate of drug-likeness (QED) is 0.328. The first-order chi connectivity index (χ1) is 15.8. The molecule has 0 N–H and O–H groups in total. The summed E-state index contributed by atoms with van der Waals surface area (Å²) in [5.41, 5.74) is 3.70. The summed E-state index contributed by atoms with van der Waals surface area (Å²) in [7, 11) is 2.88. The van der Waals surface area contributed by atoms with Crippen LogP contribution in [0.15, 0.2) is 42.1 Å². The first kappa shape index (κ1) is 24.3. The van der Waals surface area contributed by atoms with E-state index in [4.69, 9.17) is 26.4 Å². The Morgan fingerprint density at radius 2 is 1.79 bits per heavy atom. The van der Waals surface area contributed by atoms with Crippen molar-refractivity contribution in [2.45, 2.75) is 27.2 Å². The van der Waals surface area contributed by atoms with Crippen molar-refractivity contribution in [3.63, 3.8) is 0 Å². The first-order valence-corrected chi connectivity index (χ1v) is 11.1. The Balaban J connectivity index is 2.09. The van der Waals surface area contributed by atoms with E-state index in [0.717, 1.165) is 23.1 Å². The fourth-order valence-electron chi connectivity index (χ4n) is 3.54. The standard InChI is InChI=1S/C25H28N2O5S/c1-6-17-8-10-19(11-9-17)27-24(29)20(26(25(27)33)15-23(28)31-5)13-18-14-22(32-7-2)21(30-4)12-16(18)3/h8-14H,6-7,15H2,1-5H3/b20-13-. The lowest BCUT2D eigenvalue weighted by Crippen LogP contribution is -2.35. The Labute approximate surface area is 199 Å². The maximum atomic E-state index is 13.5. The molecule has 8 heteroatoms. The molecule has 174 valence electrons. The molecule has 0 atom stereocenters. The number of methoxy groups -OCH3 is 2. The summed E-state index contributed by atoms with van der Waals surface area (Å²) in [5.74, 6) is 0.354. The molecule has 0 bridgehead atoms. The maximum Gasteiger partial charge on any atom is 0.325 e. The van der Waals surface area contributed by atoms with E-state index in [1.165, 1.54) is 16.9 Å². The number of benzene rings is 2. The van der Waals surface area contributed by atoms with E-state index in [9.17, 15) is 9.59 Å². The van der Waals surface area contributed by atoms with E-state index in [1.807, 2.05) is 50.2 Å². The molecule has 0 unspecified atom stereocenters. The predicted molar refractivity (Wildman–Crippen MR) is 132 cm³/mol. The van der Waals surface area contributed by atoms with Crippen LogP contribution in [0.2, 0.25) is 0 Å². The van der Waals surface area contributed by atoms with E-state index in [1.54, 1.807) is 13.2 Å². The van der Waals surface area contributed by atoms with Crippen LogP contribution in [0.25, 0.3) is 6.08 Å². The van der Waals surface area contributed by atoms with Crippen molar-refractivity contribution in [2.75, 3.05) is 32.3 Å². The highest BCUT2D eigenvalue weighted by Gasteiger charge is 2.40. The number of esters is 1. The van der Waals surface area contributed by atoms with Gasteiger partial charge in [0.2, 0.25) is 0 Å². The second-order valence-electron chi connectivity index (χ2n) is 7.43. The normalized spacial score (nSPS) is 14.8.